The average molecular weight is 306 g/mol. The van der Waals surface area contributed by atoms with Crippen molar-refractivity contribution in [2.75, 3.05) is 18.6 Å². The molecule has 0 saturated carbocycles. The molecule has 2 nitrogen and oxygen atoms in total. The van der Waals surface area contributed by atoms with Gasteiger partial charge in [-0.3, -0.25) is 0 Å². The third-order valence-electron chi connectivity index (χ3n) is 2.84. The van der Waals surface area contributed by atoms with Crippen LogP contribution in [-0.2, 0) is 0 Å². The van der Waals surface area contributed by atoms with Crippen molar-refractivity contribution in [3.05, 3.63) is 53.0 Å². The first-order chi connectivity index (χ1) is 8.76. The zero-order valence-corrected chi connectivity index (χ0v) is 12.1. The van der Waals surface area contributed by atoms with Crippen LogP contribution in [0.4, 0.5) is 11.4 Å². The molecule has 2 rings (SSSR count). The minimum absolute atomic E-state index is 0.877. The fraction of sp³-hybridized carbons (Fsp3) is 0.200. The molecule has 0 N–H and O–H groups in total. The Morgan fingerprint density at radius 3 is 2.28 bits per heavy atom. The van der Waals surface area contributed by atoms with E-state index in [1.54, 1.807) is 7.11 Å². The summed E-state index contributed by atoms with van der Waals surface area (Å²) >= 11 is 3.60. The highest BCUT2D eigenvalue weighted by atomic mass is 79.9. The van der Waals surface area contributed by atoms with Crippen molar-refractivity contribution >= 4 is 27.3 Å². The van der Waals surface area contributed by atoms with Crippen LogP contribution >= 0.6 is 15.9 Å². The van der Waals surface area contributed by atoms with Gasteiger partial charge in [0.15, 0.2) is 0 Å². The smallest absolute Gasteiger partial charge is 0.119 e. The lowest BCUT2D eigenvalue weighted by Gasteiger charge is -2.24. The molecule has 0 aliphatic heterocycles. The Morgan fingerprint density at radius 1 is 1.06 bits per heavy atom. The van der Waals surface area contributed by atoms with Crippen LogP contribution in [0, 0.1) is 0 Å². The van der Waals surface area contributed by atoms with Gasteiger partial charge < -0.3 is 9.64 Å². The Kier molecular flexibility index (Phi) is 4.26. The number of hydrogen-bond donors (Lipinski definition) is 0. The molecule has 0 aliphatic carbocycles. The van der Waals surface area contributed by atoms with E-state index in [4.69, 9.17) is 4.74 Å². The zero-order valence-electron chi connectivity index (χ0n) is 10.6. The van der Waals surface area contributed by atoms with E-state index in [9.17, 15) is 0 Å². The summed E-state index contributed by atoms with van der Waals surface area (Å²) in [6.07, 6.45) is 0. The molecule has 0 amide bonds. The first kappa shape index (κ1) is 13.0. The molecule has 0 aromatic heterocycles. The van der Waals surface area contributed by atoms with E-state index in [2.05, 4.69) is 52.0 Å². The molecule has 0 spiro atoms. The van der Waals surface area contributed by atoms with E-state index >= 15 is 0 Å². The fourth-order valence-corrected chi connectivity index (χ4v) is 2.42. The Balaban J connectivity index is 2.36. The summed E-state index contributed by atoms with van der Waals surface area (Å²) in [5, 5.41) is 0. The second-order valence-corrected chi connectivity index (χ2v) is 4.75. The van der Waals surface area contributed by atoms with Gasteiger partial charge in [-0.2, -0.15) is 0 Å². The van der Waals surface area contributed by atoms with Crippen molar-refractivity contribution in [1.29, 1.82) is 0 Å². The Labute approximate surface area is 116 Å². The molecule has 0 unspecified atom stereocenters. The van der Waals surface area contributed by atoms with Crippen LogP contribution in [0.3, 0.4) is 0 Å². The molecular weight excluding hydrogens is 290 g/mol. The maximum absolute atomic E-state index is 5.18. The number of halogens is 1. The number of para-hydroxylation sites is 1. The van der Waals surface area contributed by atoms with E-state index in [-0.39, 0.29) is 0 Å². The molecule has 0 bridgehead atoms. The largest absolute Gasteiger partial charge is 0.497 e. The van der Waals surface area contributed by atoms with E-state index in [0.717, 1.165) is 22.5 Å². The molecule has 0 heterocycles. The predicted octanol–water partition coefficient (Wildman–Crippen LogP) is 4.62. The first-order valence-corrected chi connectivity index (χ1v) is 6.71. The van der Waals surface area contributed by atoms with Crippen LogP contribution in [0.25, 0.3) is 0 Å². The molecule has 3 heteroatoms. The fourth-order valence-electron chi connectivity index (χ4n) is 1.92. The predicted molar refractivity (Wildman–Crippen MR) is 79.8 cm³/mol. The highest BCUT2D eigenvalue weighted by Gasteiger charge is 2.09. The number of nitrogens with zero attached hydrogens (tertiary/aromatic N) is 1. The lowest BCUT2D eigenvalue weighted by Crippen LogP contribution is -2.16. The minimum Gasteiger partial charge on any atom is -0.497 e. The summed E-state index contributed by atoms with van der Waals surface area (Å²) in [6, 6.07) is 16.3. The van der Waals surface area contributed by atoms with Crippen molar-refractivity contribution in [2.24, 2.45) is 0 Å². The van der Waals surface area contributed by atoms with Gasteiger partial charge in [-0.1, -0.05) is 12.1 Å². The second kappa shape index (κ2) is 5.91. The van der Waals surface area contributed by atoms with E-state index in [0.29, 0.717) is 0 Å². The highest BCUT2D eigenvalue weighted by Crippen LogP contribution is 2.32. The van der Waals surface area contributed by atoms with E-state index < -0.39 is 0 Å². The zero-order chi connectivity index (χ0) is 13.0. The van der Waals surface area contributed by atoms with Crippen LogP contribution in [0.1, 0.15) is 6.92 Å². The van der Waals surface area contributed by atoms with Crippen molar-refractivity contribution in [3.8, 4) is 5.75 Å². The topological polar surface area (TPSA) is 12.5 Å². The lowest BCUT2D eigenvalue weighted by molar-refractivity contribution is 0.415. The standard InChI is InChI=1S/C15H16BrNO/c1-3-17(15-7-5-4-6-14(15)16)12-8-10-13(18-2)11-9-12/h4-11H,3H2,1-2H3. The van der Waals surface area contributed by atoms with E-state index in [1.807, 2.05) is 24.3 Å². The van der Waals surface area contributed by atoms with Gasteiger partial charge in [0.2, 0.25) is 0 Å². The van der Waals surface area contributed by atoms with Crippen LogP contribution in [0.5, 0.6) is 5.75 Å². The molecule has 2 aromatic carbocycles. The number of ether oxygens (including phenoxy) is 1. The van der Waals surface area contributed by atoms with Gasteiger partial charge in [-0.15, -0.1) is 0 Å². The third kappa shape index (κ3) is 2.67. The van der Waals surface area contributed by atoms with Gasteiger partial charge in [-0.05, 0) is 59.3 Å². The molecule has 0 radical (unpaired) electrons. The monoisotopic (exact) mass is 305 g/mol. The van der Waals surface area contributed by atoms with Gasteiger partial charge in [0.1, 0.15) is 5.75 Å². The number of anilines is 2. The Hall–Kier alpha value is -1.48. The quantitative estimate of drug-likeness (QED) is 0.817. The maximum Gasteiger partial charge on any atom is 0.119 e. The lowest BCUT2D eigenvalue weighted by atomic mass is 10.2. The number of hydrogen-bond acceptors (Lipinski definition) is 2. The van der Waals surface area contributed by atoms with E-state index in [1.165, 1.54) is 5.69 Å². The number of methoxy groups -OCH3 is 1. The summed E-state index contributed by atoms with van der Waals surface area (Å²) in [5.41, 5.74) is 2.33. The molecule has 18 heavy (non-hydrogen) atoms. The first-order valence-electron chi connectivity index (χ1n) is 5.92. The highest BCUT2D eigenvalue weighted by molar-refractivity contribution is 9.10. The normalized spacial score (nSPS) is 10.2. The van der Waals surface area contributed by atoms with Crippen molar-refractivity contribution in [1.82, 2.24) is 0 Å². The summed E-state index contributed by atoms with van der Waals surface area (Å²) in [7, 11) is 1.68. The van der Waals surface area contributed by atoms with Crippen molar-refractivity contribution in [2.45, 2.75) is 6.92 Å². The molecule has 0 aliphatic rings. The molecule has 0 atom stereocenters. The van der Waals surface area contributed by atoms with Crippen LogP contribution in [0.15, 0.2) is 53.0 Å². The minimum atomic E-state index is 0.877. The molecular formula is C15H16BrNO. The third-order valence-corrected chi connectivity index (χ3v) is 3.51. The average Bonchev–Trinajstić information content (AvgIpc) is 2.42. The SMILES string of the molecule is CCN(c1ccc(OC)cc1)c1ccccc1Br. The summed E-state index contributed by atoms with van der Waals surface area (Å²) in [4.78, 5) is 2.25. The Morgan fingerprint density at radius 2 is 1.72 bits per heavy atom. The number of rotatable bonds is 4. The van der Waals surface area contributed by atoms with Crippen LogP contribution < -0.4 is 9.64 Å². The van der Waals surface area contributed by atoms with Crippen molar-refractivity contribution < 1.29 is 4.74 Å². The molecule has 0 fully saturated rings. The van der Waals surface area contributed by atoms with Gasteiger partial charge >= 0.3 is 0 Å². The molecule has 94 valence electrons. The van der Waals surface area contributed by atoms with Crippen LogP contribution in [-0.4, -0.2) is 13.7 Å². The molecule has 0 saturated heterocycles. The van der Waals surface area contributed by atoms with Gasteiger partial charge in [0.05, 0.1) is 12.8 Å². The summed E-state index contributed by atoms with van der Waals surface area (Å²) in [5.74, 6) is 0.877. The van der Waals surface area contributed by atoms with Crippen molar-refractivity contribution in [3.63, 3.8) is 0 Å². The Bertz CT molecular complexity index is 510. The molecule has 2 aromatic rings. The number of benzene rings is 2. The van der Waals surface area contributed by atoms with Crippen LogP contribution in [0.2, 0.25) is 0 Å². The maximum atomic E-state index is 5.18. The van der Waals surface area contributed by atoms with Gasteiger partial charge in [-0.25, -0.2) is 0 Å². The second-order valence-electron chi connectivity index (χ2n) is 3.89. The summed E-state index contributed by atoms with van der Waals surface area (Å²) in [6.45, 7) is 3.05. The van der Waals surface area contributed by atoms with Gasteiger partial charge in [0, 0.05) is 16.7 Å². The van der Waals surface area contributed by atoms with Gasteiger partial charge in [0.25, 0.3) is 0 Å². The summed E-state index contributed by atoms with van der Waals surface area (Å²) < 4.78 is 6.28.